The van der Waals surface area contributed by atoms with E-state index in [9.17, 15) is 0 Å². The van der Waals surface area contributed by atoms with E-state index in [1.165, 1.54) is 16.5 Å². The molecule has 0 N–H and O–H groups in total. The summed E-state index contributed by atoms with van der Waals surface area (Å²) in [5, 5.41) is 2.10. The molecule has 2 rings (SSSR count). The lowest BCUT2D eigenvalue weighted by molar-refractivity contribution is 1.14. The van der Waals surface area contributed by atoms with Crippen LogP contribution in [0.2, 0.25) is 0 Å². The number of nitrogens with zero attached hydrogens (tertiary/aromatic N) is 1. The molecule has 2 aromatic rings. The van der Waals surface area contributed by atoms with Gasteiger partial charge in [0.2, 0.25) is 0 Å². The molecule has 1 aromatic carbocycles. The summed E-state index contributed by atoms with van der Waals surface area (Å²) in [7, 11) is 0. The van der Waals surface area contributed by atoms with Gasteiger partial charge in [-0.2, -0.15) is 0 Å². The smallest absolute Gasteiger partial charge is 0.0702 e. The van der Waals surface area contributed by atoms with Crippen molar-refractivity contribution in [3.05, 3.63) is 41.6 Å². The molecule has 72 valence electrons. The van der Waals surface area contributed by atoms with Crippen LogP contribution in [-0.4, -0.2) is 4.98 Å². The van der Waals surface area contributed by atoms with Gasteiger partial charge in [-0.15, -0.1) is 0 Å². The summed E-state index contributed by atoms with van der Waals surface area (Å²) >= 11 is 3.44. The van der Waals surface area contributed by atoms with Gasteiger partial charge in [0, 0.05) is 16.9 Å². The lowest BCUT2D eigenvalue weighted by Gasteiger charge is -2.02. The highest BCUT2D eigenvalue weighted by Gasteiger charge is 1.97. The minimum absolute atomic E-state index is 0.867. The summed E-state index contributed by atoms with van der Waals surface area (Å²) in [6.07, 6.45) is 3.00. The Morgan fingerprint density at radius 1 is 1.21 bits per heavy atom. The molecule has 1 aromatic heterocycles. The number of aromatic nitrogens is 1. The lowest BCUT2D eigenvalue weighted by Crippen LogP contribution is -1.85. The first-order valence-electron chi connectivity index (χ1n) is 4.77. The number of fused-ring (bicyclic) bond motifs is 1. The van der Waals surface area contributed by atoms with E-state index in [1.807, 2.05) is 6.20 Å². The highest BCUT2D eigenvalue weighted by atomic mass is 79.9. The molecule has 2 heteroatoms. The van der Waals surface area contributed by atoms with E-state index in [2.05, 4.69) is 52.1 Å². The van der Waals surface area contributed by atoms with Gasteiger partial charge in [0.15, 0.2) is 0 Å². The molecule has 1 nitrogen and oxygen atoms in total. The maximum Gasteiger partial charge on any atom is 0.0702 e. The summed E-state index contributed by atoms with van der Waals surface area (Å²) < 4.78 is 0. The second-order valence-corrected chi connectivity index (χ2v) is 3.92. The van der Waals surface area contributed by atoms with E-state index in [0.717, 1.165) is 17.3 Å². The zero-order chi connectivity index (χ0) is 9.97. The molecule has 0 spiro atoms. The summed E-state index contributed by atoms with van der Waals surface area (Å²) in [6.45, 7) is 2.17. The second-order valence-electron chi connectivity index (χ2n) is 3.36. The Morgan fingerprint density at radius 3 is 2.71 bits per heavy atom. The van der Waals surface area contributed by atoms with Crippen molar-refractivity contribution in [2.75, 3.05) is 0 Å². The van der Waals surface area contributed by atoms with Gasteiger partial charge in [0.05, 0.1) is 5.52 Å². The molecule has 14 heavy (non-hydrogen) atoms. The zero-order valence-corrected chi connectivity index (χ0v) is 9.71. The molecule has 0 saturated carbocycles. The topological polar surface area (TPSA) is 12.9 Å². The fraction of sp³-hybridized carbons (Fsp3) is 0.250. The third-order valence-electron chi connectivity index (χ3n) is 2.36. The number of rotatable bonds is 2. The molecular formula is C12H12BrN. The SMILES string of the molecule is CCc1ccc2ncc(CBr)cc2c1. The largest absolute Gasteiger partial charge is 0.256 e. The van der Waals surface area contributed by atoms with E-state index in [-0.39, 0.29) is 0 Å². The third-order valence-corrected chi connectivity index (χ3v) is 3.01. The Balaban J connectivity index is 2.60. The number of pyridine rings is 1. The second kappa shape index (κ2) is 4.09. The lowest BCUT2D eigenvalue weighted by atomic mass is 10.1. The molecular weight excluding hydrogens is 238 g/mol. The van der Waals surface area contributed by atoms with Crippen LogP contribution in [-0.2, 0) is 11.8 Å². The monoisotopic (exact) mass is 249 g/mol. The van der Waals surface area contributed by atoms with E-state index in [4.69, 9.17) is 0 Å². The molecule has 0 atom stereocenters. The summed E-state index contributed by atoms with van der Waals surface area (Å²) in [6, 6.07) is 8.64. The van der Waals surface area contributed by atoms with Crippen molar-refractivity contribution in [3.63, 3.8) is 0 Å². The quantitative estimate of drug-likeness (QED) is 0.740. The van der Waals surface area contributed by atoms with Gasteiger partial charge in [0.1, 0.15) is 0 Å². The number of hydrogen-bond acceptors (Lipinski definition) is 1. The number of halogens is 1. The van der Waals surface area contributed by atoms with Gasteiger partial charge in [-0.3, -0.25) is 4.98 Å². The number of aryl methyl sites for hydroxylation is 1. The average Bonchev–Trinajstić information content (AvgIpc) is 2.27. The summed E-state index contributed by atoms with van der Waals surface area (Å²) in [5.41, 5.74) is 3.67. The van der Waals surface area contributed by atoms with Gasteiger partial charge >= 0.3 is 0 Å². The van der Waals surface area contributed by atoms with Crippen LogP contribution in [0.25, 0.3) is 10.9 Å². The predicted molar refractivity (Wildman–Crippen MR) is 63.8 cm³/mol. The normalized spacial score (nSPS) is 10.7. The van der Waals surface area contributed by atoms with E-state index < -0.39 is 0 Å². The van der Waals surface area contributed by atoms with E-state index >= 15 is 0 Å². The first kappa shape index (κ1) is 9.66. The predicted octanol–water partition coefficient (Wildman–Crippen LogP) is 3.69. The van der Waals surface area contributed by atoms with Crippen molar-refractivity contribution in [1.82, 2.24) is 4.98 Å². The molecule has 0 radical (unpaired) electrons. The molecule has 0 aliphatic heterocycles. The Kier molecular flexibility index (Phi) is 2.82. The standard InChI is InChI=1S/C12H12BrN/c1-2-9-3-4-12-11(5-9)6-10(7-13)8-14-12/h3-6,8H,2,7H2,1H3. The van der Waals surface area contributed by atoms with Crippen molar-refractivity contribution in [1.29, 1.82) is 0 Å². The Labute approximate surface area is 92.3 Å². The molecule has 1 heterocycles. The molecule has 0 fully saturated rings. The Hall–Kier alpha value is -0.890. The molecule has 0 unspecified atom stereocenters. The van der Waals surface area contributed by atoms with Crippen LogP contribution in [0, 0.1) is 0 Å². The minimum atomic E-state index is 0.867. The maximum absolute atomic E-state index is 4.40. The van der Waals surface area contributed by atoms with Gasteiger partial charge in [-0.25, -0.2) is 0 Å². The molecule has 0 saturated heterocycles. The van der Waals surface area contributed by atoms with Crippen LogP contribution >= 0.6 is 15.9 Å². The maximum atomic E-state index is 4.40. The average molecular weight is 250 g/mol. The van der Waals surface area contributed by atoms with Crippen molar-refractivity contribution in [3.8, 4) is 0 Å². The van der Waals surface area contributed by atoms with Gasteiger partial charge in [-0.1, -0.05) is 28.9 Å². The van der Waals surface area contributed by atoms with Gasteiger partial charge in [0.25, 0.3) is 0 Å². The minimum Gasteiger partial charge on any atom is -0.256 e. The molecule has 0 bridgehead atoms. The summed E-state index contributed by atoms with van der Waals surface area (Å²) in [4.78, 5) is 4.40. The molecule has 0 amide bonds. The Bertz CT molecular complexity index is 412. The van der Waals surface area contributed by atoms with Gasteiger partial charge < -0.3 is 0 Å². The molecule has 0 aliphatic rings. The highest BCUT2D eigenvalue weighted by molar-refractivity contribution is 9.08. The third kappa shape index (κ3) is 1.80. The Morgan fingerprint density at radius 2 is 2.00 bits per heavy atom. The summed E-state index contributed by atoms with van der Waals surface area (Å²) in [5.74, 6) is 0. The van der Waals surface area contributed by atoms with Crippen molar-refractivity contribution in [2.24, 2.45) is 0 Å². The fourth-order valence-electron chi connectivity index (χ4n) is 1.52. The number of hydrogen-bond donors (Lipinski definition) is 0. The van der Waals surface area contributed by atoms with Crippen LogP contribution < -0.4 is 0 Å². The van der Waals surface area contributed by atoms with E-state index in [0.29, 0.717) is 0 Å². The highest BCUT2D eigenvalue weighted by Crippen LogP contribution is 2.17. The number of alkyl halides is 1. The first-order chi connectivity index (χ1) is 6.83. The van der Waals surface area contributed by atoms with Crippen molar-refractivity contribution >= 4 is 26.8 Å². The number of benzene rings is 1. The zero-order valence-electron chi connectivity index (χ0n) is 8.13. The fourth-order valence-corrected chi connectivity index (χ4v) is 1.83. The van der Waals surface area contributed by atoms with Crippen LogP contribution in [0.3, 0.4) is 0 Å². The van der Waals surface area contributed by atoms with Crippen LogP contribution in [0.15, 0.2) is 30.5 Å². The molecule has 0 aliphatic carbocycles. The van der Waals surface area contributed by atoms with Gasteiger partial charge in [-0.05, 0) is 35.7 Å². The van der Waals surface area contributed by atoms with Crippen LogP contribution in [0.4, 0.5) is 0 Å². The van der Waals surface area contributed by atoms with Crippen molar-refractivity contribution in [2.45, 2.75) is 18.7 Å². The van der Waals surface area contributed by atoms with E-state index in [1.54, 1.807) is 0 Å². The van der Waals surface area contributed by atoms with Crippen LogP contribution in [0.5, 0.6) is 0 Å². The van der Waals surface area contributed by atoms with Crippen LogP contribution in [0.1, 0.15) is 18.1 Å². The van der Waals surface area contributed by atoms with Crippen molar-refractivity contribution < 1.29 is 0 Å². The first-order valence-corrected chi connectivity index (χ1v) is 5.89.